The number of pyridine rings is 1. The quantitative estimate of drug-likeness (QED) is 0.0541. The third kappa shape index (κ3) is 8.31. The molecule has 46 heavy (non-hydrogen) atoms. The van der Waals surface area contributed by atoms with Gasteiger partial charge in [0.1, 0.15) is 11.5 Å². The number of fused-ring (bicyclic) bond motifs is 1. The Morgan fingerprint density at radius 3 is 2.37 bits per heavy atom. The Bertz CT molecular complexity index is 1920. The minimum absolute atomic E-state index is 0. The number of carbonyl (C=O) groups is 1. The van der Waals surface area contributed by atoms with Gasteiger partial charge in [-0.3, -0.25) is 4.18 Å². The van der Waals surface area contributed by atoms with Crippen molar-refractivity contribution in [3.8, 4) is 34.0 Å². The largest absolute Gasteiger partial charge is 1.00 e. The number of esters is 1. The van der Waals surface area contributed by atoms with Crippen LogP contribution in [0.4, 0.5) is 17.6 Å². The fraction of sp³-hybridized carbons (Fsp3) is 0.207. The van der Waals surface area contributed by atoms with Crippen LogP contribution < -0.4 is 29.6 Å². The summed E-state index contributed by atoms with van der Waals surface area (Å²) in [7, 11) is -4.93. The van der Waals surface area contributed by atoms with Crippen molar-refractivity contribution in [2.24, 2.45) is 0 Å². The topological polar surface area (TPSA) is 149 Å². The van der Waals surface area contributed by atoms with Gasteiger partial charge in [0.05, 0.1) is 41.4 Å². The Morgan fingerprint density at radius 1 is 0.957 bits per heavy atom. The zero-order valence-electron chi connectivity index (χ0n) is 24.2. The predicted octanol–water partition coefficient (Wildman–Crippen LogP) is 1.98. The van der Waals surface area contributed by atoms with E-state index in [1.165, 1.54) is 72.4 Å². The predicted molar refractivity (Wildman–Crippen MR) is 149 cm³/mol. The van der Waals surface area contributed by atoms with E-state index in [9.17, 15) is 35.3 Å². The first-order chi connectivity index (χ1) is 21.3. The molecule has 2 aliphatic heterocycles. The van der Waals surface area contributed by atoms with Crippen LogP contribution in [0.1, 0.15) is 29.3 Å². The summed E-state index contributed by atoms with van der Waals surface area (Å²) in [6.07, 6.45) is -1.90. The van der Waals surface area contributed by atoms with Crippen molar-refractivity contribution in [3.05, 3.63) is 95.7 Å². The van der Waals surface area contributed by atoms with Crippen molar-refractivity contribution in [1.29, 1.82) is 0 Å². The number of imidazole rings is 1. The third-order valence-electron chi connectivity index (χ3n) is 6.51. The molecule has 5 rings (SSSR count). The van der Waals surface area contributed by atoms with Crippen molar-refractivity contribution in [1.82, 2.24) is 24.7 Å². The molecule has 1 unspecified atom stereocenters. The molecule has 0 radical (unpaired) electrons. The van der Waals surface area contributed by atoms with Crippen LogP contribution in [0.25, 0.3) is 34.0 Å². The summed E-state index contributed by atoms with van der Waals surface area (Å²) < 4.78 is 98.3. The van der Waals surface area contributed by atoms with Crippen LogP contribution in [0.2, 0.25) is 0 Å². The van der Waals surface area contributed by atoms with Gasteiger partial charge in [0.2, 0.25) is 10.4 Å². The number of hydrogen-bond acceptors (Lipinski definition) is 10. The Morgan fingerprint density at radius 2 is 1.70 bits per heavy atom. The summed E-state index contributed by atoms with van der Waals surface area (Å²) in [6.45, 7) is 0.655. The summed E-state index contributed by atoms with van der Waals surface area (Å²) in [5, 5.41) is 8.02. The molecule has 1 aromatic heterocycles. The number of hydrogen-bond donors (Lipinski definition) is 0. The van der Waals surface area contributed by atoms with Crippen molar-refractivity contribution in [2.45, 2.75) is 25.6 Å². The average Bonchev–Trinajstić information content (AvgIpc) is 3.40. The number of nitrogens with zero attached hydrogens (tertiary/aromatic N) is 5. The number of ether oxygens (including phenoxy) is 1. The zero-order valence-corrected chi connectivity index (χ0v) is 27.0. The van der Waals surface area contributed by atoms with Gasteiger partial charge in [-0.15, -0.1) is 0 Å². The molecule has 0 N–H and O–H groups in total. The molecule has 0 spiro atoms. The van der Waals surface area contributed by atoms with Crippen LogP contribution >= 0.6 is 0 Å². The Kier molecular flexibility index (Phi) is 10.9. The maximum absolute atomic E-state index is 14.4. The van der Waals surface area contributed by atoms with Crippen molar-refractivity contribution >= 4 is 16.4 Å². The second-order valence-electron chi connectivity index (χ2n) is 9.73. The molecule has 3 aromatic rings. The molecule has 0 fully saturated rings. The van der Waals surface area contributed by atoms with Gasteiger partial charge >= 0.3 is 41.7 Å². The molecule has 0 saturated heterocycles. The standard InChI is InChI=1S/C29H23F4N5O6S.Na/c1-17-7-8-18(20(15-17)29(31,32)33)22-9-10-24(37-36-22)26(28(39)43-13-4-14-44-45(40,41)42)38-12-11-23-25(16-38)35-27(34-23)19-5-2-3-6-21(19)30;/h2-3,5-12,15-16,26H,4,13-14H2,1H3,(H,40,41,42);/q;+1/p-1. The van der Waals surface area contributed by atoms with E-state index in [1.807, 2.05) is 0 Å². The summed E-state index contributed by atoms with van der Waals surface area (Å²) in [4.78, 5) is 22.0. The Labute approximate surface area is 282 Å². The van der Waals surface area contributed by atoms with Gasteiger partial charge in [0.25, 0.3) is 0 Å². The van der Waals surface area contributed by atoms with Gasteiger partial charge in [-0.2, -0.15) is 23.4 Å². The fourth-order valence-electron chi connectivity index (χ4n) is 4.46. The molecule has 0 bridgehead atoms. The molecule has 2 aliphatic rings. The van der Waals surface area contributed by atoms with Crippen LogP contribution in [0.5, 0.6) is 0 Å². The van der Waals surface area contributed by atoms with Gasteiger partial charge in [-0.25, -0.2) is 27.6 Å². The maximum Gasteiger partial charge on any atom is 1.00 e. The van der Waals surface area contributed by atoms with Crippen LogP contribution in [0.15, 0.2) is 73.1 Å². The van der Waals surface area contributed by atoms with Gasteiger partial charge in [0, 0.05) is 24.4 Å². The third-order valence-corrected chi connectivity index (χ3v) is 6.96. The molecular formula is C29H22F4N5NaO6S. The van der Waals surface area contributed by atoms with E-state index in [2.05, 4.69) is 24.3 Å². The summed E-state index contributed by atoms with van der Waals surface area (Å²) in [5.41, 5.74) is 0.0119. The minimum atomic E-state index is -4.93. The molecule has 0 saturated carbocycles. The maximum atomic E-state index is 14.4. The Balaban J connectivity index is 0.00000480. The minimum Gasteiger partial charge on any atom is -0.726 e. The number of aryl methyl sites for hydroxylation is 1. The molecule has 2 aromatic carbocycles. The van der Waals surface area contributed by atoms with Gasteiger partial charge < -0.3 is 13.9 Å². The van der Waals surface area contributed by atoms with Gasteiger partial charge in [0.15, 0.2) is 11.9 Å². The van der Waals surface area contributed by atoms with Gasteiger partial charge in [-0.1, -0.05) is 29.8 Å². The second kappa shape index (κ2) is 14.3. The van der Waals surface area contributed by atoms with Crippen molar-refractivity contribution < 1.29 is 73.8 Å². The van der Waals surface area contributed by atoms with E-state index in [1.54, 1.807) is 6.07 Å². The summed E-state index contributed by atoms with van der Waals surface area (Å²) >= 11 is 0. The SMILES string of the molecule is Cc1ccc(-c2ccc(C(C(=O)OCCCOS(=O)(=O)[O-])n3ccc4nc(-c5ccccc5F)nc-4c3)nn2)c(C(F)(F)F)c1.[Na+]. The number of rotatable bonds is 10. The number of aromatic nitrogens is 5. The first-order valence-electron chi connectivity index (χ1n) is 13.2. The monoisotopic (exact) mass is 667 g/mol. The van der Waals surface area contributed by atoms with Gasteiger partial charge in [-0.05, 0) is 43.3 Å². The molecule has 11 nitrogen and oxygen atoms in total. The fourth-order valence-corrected chi connectivity index (χ4v) is 4.79. The van der Waals surface area contributed by atoms with E-state index >= 15 is 0 Å². The normalized spacial score (nSPS) is 12.5. The van der Waals surface area contributed by atoms with E-state index in [4.69, 9.17) is 4.74 Å². The van der Waals surface area contributed by atoms with Crippen molar-refractivity contribution in [3.63, 3.8) is 0 Å². The number of alkyl halides is 3. The van der Waals surface area contributed by atoms with Crippen LogP contribution in [-0.4, -0.2) is 56.9 Å². The smallest absolute Gasteiger partial charge is 0.726 e. The first kappa shape index (κ1) is 35.1. The molecule has 17 heteroatoms. The summed E-state index contributed by atoms with van der Waals surface area (Å²) in [5.74, 6) is -1.32. The molecule has 0 aliphatic carbocycles. The first-order valence-corrected chi connectivity index (χ1v) is 14.5. The molecular weight excluding hydrogens is 645 g/mol. The molecule has 3 heterocycles. The Hall–Kier alpha value is -3.80. The van der Waals surface area contributed by atoms with E-state index in [0.717, 1.165) is 6.07 Å². The molecule has 1 atom stereocenters. The van der Waals surface area contributed by atoms with E-state index in [-0.39, 0.29) is 76.6 Å². The van der Waals surface area contributed by atoms with Crippen LogP contribution in [0.3, 0.4) is 0 Å². The molecule has 234 valence electrons. The van der Waals surface area contributed by atoms with Crippen LogP contribution in [0, 0.1) is 12.7 Å². The number of benzene rings is 2. The zero-order chi connectivity index (χ0) is 32.4. The summed E-state index contributed by atoms with van der Waals surface area (Å²) in [6, 6.07) is 12.5. The van der Waals surface area contributed by atoms with Crippen LogP contribution in [-0.2, 0) is 30.3 Å². The van der Waals surface area contributed by atoms with E-state index < -0.39 is 46.6 Å². The number of halogens is 4. The van der Waals surface area contributed by atoms with E-state index in [0.29, 0.717) is 11.3 Å². The number of carbonyl (C=O) groups excluding carboxylic acids is 1. The second-order valence-corrected chi connectivity index (χ2v) is 10.8. The average molecular weight is 668 g/mol. The molecule has 0 amide bonds. The van der Waals surface area contributed by atoms with Crippen molar-refractivity contribution in [2.75, 3.05) is 13.2 Å².